The standard InChI is InChI=1S/C10H12N2O2/c1-2-7(6-11)14-9-5-3-4-8(13)10(9)12/h3-5,7,13H,2,12H2,1H3. The van der Waals surface area contributed by atoms with Crippen molar-refractivity contribution < 1.29 is 9.84 Å². The van der Waals surface area contributed by atoms with Crippen LogP contribution < -0.4 is 10.5 Å². The highest BCUT2D eigenvalue weighted by Gasteiger charge is 2.10. The summed E-state index contributed by atoms with van der Waals surface area (Å²) in [5.41, 5.74) is 5.72. The first kappa shape index (κ1) is 10.2. The number of nitrogens with two attached hydrogens (primary N) is 1. The Kier molecular flexibility index (Phi) is 3.19. The molecule has 0 heterocycles. The molecule has 0 spiro atoms. The predicted molar refractivity (Wildman–Crippen MR) is 52.8 cm³/mol. The van der Waals surface area contributed by atoms with E-state index in [0.717, 1.165) is 0 Å². The van der Waals surface area contributed by atoms with Gasteiger partial charge in [0.1, 0.15) is 23.3 Å². The zero-order chi connectivity index (χ0) is 10.6. The van der Waals surface area contributed by atoms with Crippen molar-refractivity contribution in [2.75, 3.05) is 5.73 Å². The largest absolute Gasteiger partial charge is 0.506 e. The van der Waals surface area contributed by atoms with E-state index in [0.29, 0.717) is 12.2 Å². The van der Waals surface area contributed by atoms with E-state index in [2.05, 4.69) is 0 Å². The molecule has 0 aliphatic heterocycles. The summed E-state index contributed by atoms with van der Waals surface area (Å²) in [6.07, 6.45) is 0.0464. The van der Waals surface area contributed by atoms with Gasteiger partial charge in [-0.15, -0.1) is 0 Å². The highest BCUT2D eigenvalue weighted by atomic mass is 16.5. The van der Waals surface area contributed by atoms with E-state index in [9.17, 15) is 5.11 Å². The van der Waals surface area contributed by atoms with Crippen LogP contribution in [0.3, 0.4) is 0 Å². The molecule has 1 aromatic carbocycles. The topological polar surface area (TPSA) is 79.3 Å². The van der Waals surface area contributed by atoms with Crippen LogP contribution in [0.1, 0.15) is 13.3 Å². The molecule has 1 rings (SSSR count). The van der Waals surface area contributed by atoms with Gasteiger partial charge in [0.15, 0.2) is 6.10 Å². The second-order valence-corrected chi connectivity index (χ2v) is 2.83. The molecule has 1 aromatic rings. The minimum Gasteiger partial charge on any atom is -0.506 e. The number of para-hydroxylation sites is 1. The number of benzene rings is 1. The SMILES string of the molecule is CCC(C#N)Oc1cccc(O)c1N. The summed E-state index contributed by atoms with van der Waals surface area (Å²) >= 11 is 0. The Morgan fingerprint density at radius 3 is 2.93 bits per heavy atom. The van der Waals surface area contributed by atoms with Crippen molar-refractivity contribution in [3.63, 3.8) is 0 Å². The van der Waals surface area contributed by atoms with Crippen LogP contribution in [-0.4, -0.2) is 11.2 Å². The number of ether oxygens (including phenoxy) is 1. The van der Waals surface area contributed by atoms with Gasteiger partial charge in [0, 0.05) is 0 Å². The minimum atomic E-state index is -0.529. The molecule has 3 N–H and O–H groups in total. The second kappa shape index (κ2) is 4.38. The third-order valence-electron chi connectivity index (χ3n) is 1.83. The van der Waals surface area contributed by atoms with Gasteiger partial charge in [-0.05, 0) is 18.6 Å². The van der Waals surface area contributed by atoms with Crippen molar-refractivity contribution in [2.24, 2.45) is 0 Å². The van der Waals surface area contributed by atoms with E-state index in [1.165, 1.54) is 6.07 Å². The van der Waals surface area contributed by atoms with Crippen molar-refractivity contribution in [2.45, 2.75) is 19.4 Å². The van der Waals surface area contributed by atoms with Crippen LogP contribution in [0, 0.1) is 11.3 Å². The minimum absolute atomic E-state index is 0.0321. The normalized spacial score (nSPS) is 11.7. The van der Waals surface area contributed by atoms with Gasteiger partial charge in [-0.1, -0.05) is 13.0 Å². The molecule has 1 unspecified atom stereocenters. The van der Waals surface area contributed by atoms with Crippen molar-refractivity contribution >= 4 is 5.69 Å². The average molecular weight is 192 g/mol. The number of rotatable bonds is 3. The van der Waals surface area contributed by atoms with Gasteiger partial charge < -0.3 is 15.6 Å². The lowest BCUT2D eigenvalue weighted by atomic mass is 10.2. The first-order valence-electron chi connectivity index (χ1n) is 4.32. The smallest absolute Gasteiger partial charge is 0.184 e. The van der Waals surface area contributed by atoms with E-state index in [1.54, 1.807) is 12.1 Å². The van der Waals surface area contributed by atoms with Crippen molar-refractivity contribution in [1.82, 2.24) is 0 Å². The summed E-state index contributed by atoms with van der Waals surface area (Å²) in [5, 5.41) is 17.9. The summed E-state index contributed by atoms with van der Waals surface area (Å²) < 4.78 is 5.28. The van der Waals surface area contributed by atoms with E-state index in [4.69, 9.17) is 15.7 Å². The molecule has 0 amide bonds. The molecule has 0 aliphatic rings. The summed E-state index contributed by atoms with van der Waals surface area (Å²) in [6, 6.07) is 6.69. The molecule has 1 atom stereocenters. The Morgan fingerprint density at radius 1 is 1.64 bits per heavy atom. The average Bonchev–Trinajstić information content (AvgIpc) is 2.20. The molecule has 0 aliphatic carbocycles. The monoisotopic (exact) mass is 192 g/mol. The summed E-state index contributed by atoms with van der Waals surface area (Å²) in [4.78, 5) is 0. The molecule has 0 saturated heterocycles. The first-order valence-corrected chi connectivity index (χ1v) is 4.32. The van der Waals surface area contributed by atoms with E-state index >= 15 is 0 Å². The number of nitrogens with zero attached hydrogens (tertiary/aromatic N) is 1. The fourth-order valence-electron chi connectivity index (χ4n) is 0.989. The van der Waals surface area contributed by atoms with E-state index in [-0.39, 0.29) is 11.4 Å². The Bertz CT molecular complexity index is 358. The zero-order valence-electron chi connectivity index (χ0n) is 7.90. The number of aromatic hydroxyl groups is 1. The van der Waals surface area contributed by atoms with E-state index in [1.807, 2.05) is 13.0 Å². The number of phenolic OH excluding ortho intramolecular Hbond substituents is 1. The van der Waals surface area contributed by atoms with Crippen LogP contribution in [0.5, 0.6) is 11.5 Å². The van der Waals surface area contributed by atoms with Crippen LogP contribution in [0.2, 0.25) is 0 Å². The molecule has 0 radical (unpaired) electrons. The van der Waals surface area contributed by atoms with Crippen molar-refractivity contribution in [3.05, 3.63) is 18.2 Å². The zero-order valence-corrected chi connectivity index (χ0v) is 7.90. The molecule has 0 saturated carbocycles. The Hall–Kier alpha value is -1.89. The van der Waals surface area contributed by atoms with Crippen LogP contribution in [0.25, 0.3) is 0 Å². The lowest BCUT2D eigenvalue weighted by molar-refractivity contribution is 0.252. The number of nitriles is 1. The third-order valence-corrected chi connectivity index (χ3v) is 1.83. The van der Waals surface area contributed by atoms with Gasteiger partial charge in [0.05, 0.1) is 0 Å². The van der Waals surface area contributed by atoms with Gasteiger partial charge in [0.25, 0.3) is 0 Å². The number of hydrogen-bond acceptors (Lipinski definition) is 4. The molecule has 0 bridgehead atoms. The highest BCUT2D eigenvalue weighted by Crippen LogP contribution is 2.30. The molecule has 4 nitrogen and oxygen atoms in total. The fourth-order valence-corrected chi connectivity index (χ4v) is 0.989. The molecular weight excluding hydrogens is 180 g/mol. The van der Waals surface area contributed by atoms with Gasteiger partial charge in [0.2, 0.25) is 0 Å². The second-order valence-electron chi connectivity index (χ2n) is 2.83. The summed E-state index contributed by atoms with van der Waals surface area (Å²) in [6.45, 7) is 1.84. The third kappa shape index (κ3) is 2.07. The maximum absolute atomic E-state index is 9.27. The molecule has 74 valence electrons. The number of nitrogen functional groups attached to an aromatic ring is 1. The van der Waals surface area contributed by atoms with Crippen LogP contribution in [-0.2, 0) is 0 Å². The molecule has 0 aromatic heterocycles. The molecule has 4 heteroatoms. The number of anilines is 1. The maximum atomic E-state index is 9.27. The van der Waals surface area contributed by atoms with Crippen LogP contribution >= 0.6 is 0 Å². The van der Waals surface area contributed by atoms with Crippen LogP contribution in [0.15, 0.2) is 18.2 Å². The Balaban J connectivity index is 2.87. The van der Waals surface area contributed by atoms with Gasteiger partial charge in [-0.25, -0.2) is 0 Å². The highest BCUT2D eigenvalue weighted by molar-refractivity contribution is 5.61. The Labute approximate surface area is 82.5 Å². The quantitative estimate of drug-likeness (QED) is 0.563. The predicted octanol–water partition coefficient (Wildman–Crippen LogP) is 1.66. The van der Waals surface area contributed by atoms with Gasteiger partial charge in [-0.3, -0.25) is 0 Å². The maximum Gasteiger partial charge on any atom is 0.184 e. The first-order chi connectivity index (χ1) is 6.69. The van der Waals surface area contributed by atoms with Crippen LogP contribution in [0.4, 0.5) is 5.69 Å². The molecule has 14 heavy (non-hydrogen) atoms. The fraction of sp³-hybridized carbons (Fsp3) is 0.300. The number of hydrogen-bond donors (Lipinski definition) is 2. The number of phenols is 1. The molecule has 0 fully saturated rings. The Morgan fingerprint density at radius 2 is 2.36 bits per heavy atom. The van der Waals surface area contributed by atoms with Crippen molar-refractivity contribution in [1.29, 1.82) is 5.26 Å². The lowest BCUT2D eigenvalue weighted by Crippen LogP contribution is -2.13. The van der Waals surface area contributed by atoms with Crippen molar-refractivity contribution in [3.8, 4) is 17.6 Å². The summed E-state index contributed by atoms with van der Waals surface area (Å²) in [7, 11) is 0. The van der Waals surface area contributed by atoms with E-state index < -0.39 is 6.10 Å². The van der Waals surface area contributed by atoms with Gasteiger partial charge in [-0.2, -0.15) is 5.26 Å². The summed E-state index contributed by atoms with van der Waals surface area (Å²) in [5.74, 6) is 0.314. The molecular formula is C10H12N2O2. The lowest BCUT2D eigenvalue weighted by Gasteiger charge is -2.12. The van der Waals surface area contributed by atoms with Gasteiger partial charge >= 0.3 is 0 Å².